The minimum atomic E-state index is -0.289. The maximum absolute atomic E-state index is 13.2. The molecule has 1 aromatic heterocycles. The van der Waals surface area contributed by atoms with Crippen LogP contribution in [0.2, 0.25) is 0 Å². The van der Waals surface area contributed by atoms with Crippen LogP contribution in [0.1, 0.15) is 38.2 Å². The SMILES string of the molecule is CCN(CC)C(=O)C1CCCN1C(=O)[C@H]1CNC[C@@H]1c1cnn(C)c1.Cl. The molecule has 0 aromatic carbocycles. The van der Waals surface area contributed by atoms with Crippen molar-refractivity contribution < 1.29 is 9.59 Å². The van der Waals surface area contributed by atoms with Crippen LogP contribution >= 0.6 is 12.4 Å². The monoisotopic (exact) mass is 383 g/mol. The van der Waals surface area contributed by atoms with Crippen molar-refractivity contribution in [3.8, 4) is 0 Å². The van der Waals surface area contributed by atoms with Gasteiger partial charge in [0.2, 0.25) is 11.8 Å². The van der Waals surface area contributed by atoms with Crippen LogP contribution in [0.4, 0.5) is 0 Å². The third kappa shape index (κ3) is 3.88. The average Bonchev–Trinajstić information content (AvgIpc) is 3.34. The zero-order chi connectivity index (χ0) is 18.0. The second kappa shape index (κ2) is 8.86. The molecule has 8 heteroatoms. The Morgan fingerprint density at radius 3 is 2.65 bits per heavy atom. The van der Waals surface area contributed by atoms with Crippen molar-refractivity contribution in [2.24, 2.45) is 13.0 Å². The van der Waals surface area contributed by atoms with Gasteiger partial charge in [0.25, 0.3) is 0 Å². The van der Waals surface area contributed by atoms with Crippen molar-refractivity contribution in [2.75, 3.05) is 32.7 Å². The highest BCUT2D eigenvalue weighted by Crippen LogP contribution is 2.32. The van der Waals surface area contributed by atoms with Crippen LogP contribution in [-0.2, 0) is 16.6 Å². The molecule has 2 fully saturated rings. The molecule has 2 aliphatic rings. The summed E-state index contributed by atoms with van der Waals surface area (Å²) in [6.07, 6.45) is 5.51. The quantitative estimate of drug-likeness (QED) is 0.823. The number of nitrogens with one attached hydrogen (secondary N) is 1. The first kappa shape index (κ1) is 20.7. The van der Waals surface area contributed by atoms with Gasteiger partial charge in [-0.2, -0.15) is 5.10 Å². The number of rotatable bonds is 5. The Labute approximate surface area is 161 Å². The molecule has 146 valence electrons. The molecule has 2 saturated heterocycles. The predicted octanol–water partition coefficient (Wildman–Crippen LogP) is 1.00. The third-order valence-electron chi connectivity index (χ3n) is 5.58. The Bertz CT molecular complexity index is 631. The molecule has 7 nitrogen and oxygen atoms in total. The van der Waals surface area contributed by atoms with Crippen LogP contribution in [0.25, 0.3) is 0 Å². The van der Waals surface area contributed by atoms with Gasteiger partial charge >= 0.3 is 0 Å². The van der Waals surface area contributed by atoms with E-state index >= 15 is 0 Å². The minimum Gasteiger partial charge on any atom is -0.341 e. The molecule has 1 N–H and O–H groups in total. The highest BCUT2D eigenvalue weighted by atomic mass is 35.5. The number of hydrogen-bond acceptors (Lipinski definition) is 4. The first-order valence-electron chi connectivity index (χ1n) is 9.35. The van der Waals surface area contributed by atoms with Crippen LogP contribution in [0.3, 0.4) is 0 Å². The molecule has 3 atom stereocenters. The summed E-state index contributed by atoms with van der Waals surface area (Å²) in [4.78, 5) is 29.7. The van der Waals surface area contributed by atoms with E-state index in [9.17, 15) is 9.59 Å². The lowest BCUT2D eigenvalue weighted by molar-refractivity contribution is -0.145. The van der Waals surface area contributed by atoms with Gasteiger partial charge in [0.1, 0.15) is 6.04 Å². The first-order valence-corrected chi connectivity index (χ1v) is 9.35. The molecule has 1 unspecified atom stereocenters. The Morgan fingerprint density at radius 2 is 2.04 bits per heavy atom. The lowest BCUT2D eigenvalue weighted by Crippen LogP contribution is -2.50. The molecule has 1 aromatic rings. The molecule has 3 rings (SSSR count). The van der Waals surface area contributed by atoms with E-state index in [2.05, 4.69) is 10.4 Å². The van der Waals surface area contributed by atoms with E-state index in [-0.39, 0.29) is 42.1 Å². The predicted molar refractivity (Wildman–Crippen MR) is 102 cm³/mol. The summed E-state index contributed by atoms with van der Waals surface area (Å²) in [5.74, 6) is 0.224. The number of carbonyl (C=O) groups is 2. The molecule has 0 spiro atoms. The maximum atomic E-state index is 13.2. The van der Waals surface area contributed by atoms with Gasteiger partial charge in [-0.15, -0.1) is 12.4 Å². The van der Waals surface area contributed by atoms with Gasteiger partial charge in [-0.3, -0.25) is 14.3 Å². The topological polar surface area (TPSA) is 70.5 Å². The molecule has 2 amide bonds. The molecule has 0 radical (unpaired) electrons. The Kier molecular flexibility index (Phi) is 7.06. The Hall–Kier alpha value is -1.60. The number of halogens is 1. The summed E-state index contributed by atoms with van der Waals surface area (Å²) in [6.45, 7) is 7.50. The fourth-order valence-corrected chi connectivity index (χ4v) is 4.17. The zero-order valence-corrected chi connectivity index (χ0v) is 16.7. The molecule has 3 heterocycles. The molecule has 26 heavy (non-hydrogen) atoms. The van der Waals surface area contributed by atoms with E-state index in [1.165, 1.54) is 0 Å². The van der Waals surface area contributed by atoms with Crippen LogP contribution in [0, 0.1) is 5.92 Å². The molecule has 0 bridgehead atoms. The van der Waals surface area contributed by atoms with E-state index in [0.29, 0.717) is 26.2 Å². The van der Waals surface area contributed by atoms with E-state index < -0.39 is 0 Å². The van der Waals surface area contributed by atoms with E-state index in [1.807, 2.05) is 43.1 Å². The average molecular weight is 384 g/mol. The summed E-state index contributed by atoms with van der Waals surface area (Å²) in [5, 5.41) is 7.59. The number of nitrogens with zero attached hydrogens (tertiary/aromatic N) is 4. The van der Waals surface area contributed by atoms with Crippen LogP contribution in [-0.4, -0.2) is 70.2 Å². The molecule has 2 aliphatic heterocycles. The summed E-state index contributed by atoms with van der Waals surface area (Å²) in [6, 6.07) is -0.289. The van der Waals surface area contributed by atoms with Crippen molar-refractivity contribution in [1.29, 1.82) is 0 Å². The fraction of sp³-hybridized carbons (Fsp3) is 0.722. The van der Waals surface area contributed by atoms with Crippen molar-refractivity contribution in [1.82, 2.24) is 24.9 Å². The van der Waals surface area contributed by atoms with Gasteiger partial charge in [-0.05, 0) is 32.3 Å². The summed E-state index contributed by atoms with van der Waals surface area (Å²) in [7, 11) is 1.89. The lowest BCUT2D eigenvalue weighted by Gasteiger charge is -2.31. The smallest absolute Gasteiger partial charge is 0.245 e. The largest absolute Gasteiger partial charge is 0.341 e. The molecule has 0 saturated carbocycles. The van der Waals surface area contributed by atoms with E-state index in [1.54, 1.807) is 4.68 Å². The summed E-state index contributed by atoms with van der Waals surface area (Å²) >= 11 is 0. The van der Waals surface area contributed by atoms with Gasteiger partial charge < -0.3 is 15.1 Å². The Balaban J connectivity index is 0.00000243. The molecular weight excluding hydrogens is 354 g/mol. The van der Waals surface area contributed by atoms with Crippen LogP contribution < -0.4 is 5.32 Å². The number of aryl methyl sites for hydroxylation is 1. The fourth-order valence-electron chi connectivity index (χ4n) is 4.17. The van der Waals surface area contributed by atoms with Crippen molar-refractivity contribution in [3.63, 3.8) is 0 Å². The van der Waals surface area contributed by atoms with Crippen molar-refractivity contribution in [2.45, 2.75) is 38.6 Å². The minimum absolute atomic E-state index is 0. The number of carbonyl (C=O) groups excluding carboxylic acids is 2. The Morgan fingerprint density at radius 1 is 1.31 bits per heavy atom. The maximum Gasteiger partial charge on any atom is 0.245 e. The second-order valence-corrected chi connectivity index (χ2v) is 7.02. The van der Waals surface area contributed by atoms with Gasteiger partial charge in [-0.1, -0.05) is 0 Å². The summed E-state index contributed by atoms with van der Waals surface area (Å²) < 4.78 is 1.78. The normalized spacial score (nSPS) is 25.2. The van der Waals surface area contributed by atoms with Gasteiger partial charge in [0.15, 0.2) is 0 Å². The number of amides is 2. The van der Waals surface area contributed by atoms with E-state index in [4.69, 9.17) is 0 Å². The lowest BCUT2D eigenvalue weighted by atomic mass is 9.89. The van der Waals surface area contributed by atoms with Crippen LogP contribution in [0.5, 0.6) is 0 Å². The van der Waals surface area contributed by atoms with Gasteiger partial charge in [0.05, 0.1) is 12.1 Å². The highest BCUT2D eigenvalue weighted by molar-refractivity contribution is 5.89. The molecule has 0 aliphatic carbocycles. The van der Waals surface area contributed by atoms with E-state index in [0.717, 1.165) is 24.9 Å². The number of likely N-dealkylation sites (N-methyl/N-ethyl adjacent to an activating group) is 1. The highest BCUT2D eigenvalue weighted by Gasteiger charge is 2.42. The van der Waals surface area contributed by atoms with Crippen LogP contribution in [0.15, 0.2) is 12.4 Å². The van der Waals surface area contributed by atoms with Crippen molar-refractivity contribution in [3.05, 3.63) is 18.0 Å². The second-order valence-electron chi connectivity index (χ2n) is 7.02. The van der Waals surface area contributed by atoms with Gasteiger partial charge in [-0.25, -0.2) is 0 Å². The number of hydrogen-bond donors (Lipinski definition) is 1. The molecular formula is C18H30ClN5O2. The van der Waals surface area contributed by atoms with Gasteiger partial charge in [0, 0.05) is 51.9 Å². The summed E-state index contributed by atoms with van der Waals surface area (Å²) in [5.41, 5.74) is 1.09. The number of aromatic nitrogens is 2. The number of likely N-dealkylation sites (tertiary alicyclic amines) is 1. The standard InChI is InChI=1S/C18H29N5O2.ClH/c1-4-22(5-2)18(25)16-7-6-8-23(16)17(24)15-11-19-10-14(15)13-9-20-21(3)12-13;/h9,12,14-16,19H,4-8,10-11H2,1-3H3;1H/t14-,15+,16?;/m1./s1. The third-order valence-corrected chi connectivity index (χ3v) is 5.58. The van der Waals surface area contributed by atoms with Crippen molar-refractivity contribution >= 4 is 24.2 Å². The zero-order valence-electron chi connectivity index (χ0n) is 15.9. The first-order chi connectivity index (χ1) is 12.1.